The van der Waals surface area contributed by atoms with Crippen LogP contribution < -0.4 is 5.32 Å². The molecule has 1 N–H and O–H groups in total. The topological polar surface area (TPSA) is 35.6 Å². The van der Waals surface area contributed by atoms with Gasteiger partial charge in [-0.1, -0.05) is 18.2 Å². The summed E-state index contributed by atoms with van der Waals surface area (Å²) < 4.78 is 38.1. The smallest absolute Gasteiger partial charge is 0.348 e. The summed E-state index contributed by atoms with van der Waals surface area (Å²) >= 11 is 1.63. The first-order valence-corrected chi connectivity index (χ1v) is 10.6. The number of amides is 1. The van der Waals surface area contributed by atoms with Crippen LogP contribution in [0.1, 0.15) is 35.4 Å². The van der Waals surface area contributed by atoms with E-state index in [1.165, 1.54) is 0 Å². The van der Waals surface area contributed by atoms with Crippen LogP contribution in [0, 0.1) is 0 Å². The molecule has 1 aromatic heterocycles. The Morgan fingerprint density at radius 1 is 1.10 bits per heavy atom. The second-order valence-electron chi connectivity index (χ2n) is 7.41. The van der Waals surface area contributed by atoms with E-state index in [0.717, 1.165) is 55.2 Å². The molecule has 1 fully saturated rings. The number of hydrogen-bond acceptors (Lipinski definition) is 4. The molecule has 2 aromatic rings. The van der Waals surface area contributed by atoms with Crippen LogP contribution >= 0.6 is 11.3 Å². The lowest BCUT2D eigenvalue weighted by atomic mass is 10.1. The predicted molar refractivity (Wildman–Crippen MR) is 109 cm³/mol. The molecule has 1 aliphatic rings. The molecule has 1 amide bonds. The van der Waals surface area contributed by atoms with Gasteiger partial charge in [0.05, 0.1) is 18.2 Å². The van der Waals surface area contributed by atoms with Gasteiger partial charge < -0.3 is 5.32 Å². The Balaban J connectivity index is 1.45. The van der Waals surface area contributed by atoms with E-state index in [0.29, 0.717) is 13.1 Å². The van der Waals surface area contributed by atoms with Gasteiger partial charge in [0.15, 0.2) is 0 Å². The molecule has 0 radical (unpaired) electrons. The number of benzene rings is 1. The summed E-state index contributed by atoms with van der Waals surface area (Å²) in [6.07, 6.45) is -3.38. The van der Waals surface area contributed by atoms with Gasteiger partial charge in [-0.05, 0) is 55.6 Å². The van der Waals surface area contributed by atoms with Gasteiger partial charge in [0, 0.05) is 24.5 Å². The molecule has 3 rings (SSSR count). The number of nitrogens with one attached hydrogen (secondary N) is 1. The largest absolute Gasteiger partial charge is 0.416 e. The Morgan fingerprint density at radius 2 is 1.79 bits per heavy atom. The fourth-order valence-corrected chi connectivity index (χ4v) is 4.23. The summed E-state index contributed by atoms with van der Waals surface area (Å²) in [6, 6.07) is 9.36. The SMILES string of the molecule is CC(NC(=O)CN1CCCN(Cc2ccc(C(F)(F)F)cc2)CC1)c1cccs1. The fraction of sp³-hybridized carbons (Fsp3) is 0.476. The van der Waals surface area contributed by atoms with Crippen LogP contribution in [0.5, 0.6) is 0 Å². The maximum Gasteiger partial charge on any atom is 0.416 e. The van der Waals surface area contributed by atoms with Gasteiger partial charge in [-0.3, -0.25) is 14.6 Å². The lowest BCUT2D eigenvalue weighted by Crippen LogP contribution is -2.39. The first kappa shape index (κ1) is 21.8. The molecule has 0 aliphatic carbocycles. The van der Waals surface area contributed by atoms with Gasteiger partial charge in [0.2, 0.25) is 5.91 Å². The standard InChI is InChI=1S/C21H26F3N3OS/c1-16(19-4-2-13-29-19)25-20(28)15-27-10-3-9-26(11-12-27)14-17-5-7-18(8-6-17)21(22,23)24/h2,4-8,13,16H,3,9-12,14-15H2,1H3,(H,25,28). The van der Waals surface area contributed by atoms with Crippen molar-refractivity contribution in [1.29, 1.82) is 0 Å². The number of rotatable bonds is 6. The van der Waals surface area contributed by atoms with Gasteiger partial charge in [-0.2, -0.15) is 13.2 Å². The second kappa shape index (κ2) is 9.73. The molecule has 1 unspecified atom stereocenters. The Bertz CT molecular complexity index is 777. The van der Waals surface area contributed by atoms with Crippen molar-refractivity contribution in [3.05, 3.63) is 57.8 Å². The summed E-state index contributed by atoms with van der Waals surface area (Å²) in [5.74, 6) is 0.0158. The van der Waals surface area contributed by atoms with Crippen molar-refractivity contribution in [2.45, 2.75) is 32.1 Å². The summed E-state index contributed by atoms with van der Waals surface area (Å²) in [7, 11) is 0. The van der Waals surface area contributed by atoms with Crippen molar-refractivity contribution in [2.75, 3.05) is 32.7 Å². The molecule has 1 atom stereocenters. The minimum atomic E-state index is -4.30. The normalized spacial score (nSPS) is 17.7. The van der Waals surface area contributed by atoms with E-state index in [1.807, 2.05) is 24.4 Å². The number of carbonyl (C=O) groups excluding carboxylic acids is 1. The van der Waals surface area contributed by atoms with Gasteiger partial charge in [-0.15, -0.1) is 11.3 Å². The molecule has 1 aliphatic heterocycles. The van der Waals surface area contributed by atoms with Gasteiger partial charge in [0.1, 0.15) is 0 Å². The van der Waals surface area contributed by atoms with Crippen LogP contribution in [0.3, 0.4) is 0 Å². The zero-order valence-corrected chi connectivity index (χ0v) is 17.2. The predicted octanol–water partition coefficient (Wildman–Crippen LogP) is 4.15. The number of nitrogens with zero attached hydrogens (tertiary/aromatic N) is 2. The van der Waals surface area contributed by atoms with Crippen LogP contribution in [0.4, 0.5) is 13.2 Å². The van der Waals surface area contributed by atoms with Gasteiger partial charge >= 0.3 is 6.18 Å². The maximum atomic E-state index is 12.7. The highest BCUT2D eigenvalue weighted by Crippen LogP contribution is 2.29. The minimum absolute atomic E-state index is 0.00523. The van der Waals surface area contributed by atoms with E-state index in [4.69, 9.17) is 0 Å². The molecule has 0 spiro atoms. The number of carbonyl (C=O) groups is 1. The van der Waals surface area contributed by atoms with Crippen molar-refractivity contribution in [1.82, 2.24) is 15.1 Å². The Kier molecular flexibility index (Phi) is 7.32. The molecule has 1 aromatic carbocycles. The number of hydrogen-bond donors (Lipinski definition) is 1. The van der Waals surface area contributed by atoms with Crippen molar-refractivity contribution in [3.63, 3.8) is 0 Å². The molecular formula is C21H26F3N3OS. The fourth-order valence-electron chi connectivity index (χ4n) is 3.50. The molecule has 29 heavy (non-hydrogen) atoms. The van der Waals surface area contributed by atoms with Crippen LogP contribution in [-0.2, 0) is 17.5 Å². The lowest BCUT2D eigenvalue weighted by Gasteiger charge is -2.22. The highest BCUT2D eigenvalue weighted by molar-refractivity contribution is 7.10. The monoisotopic (exact) mass is 425 g/mol. The van der Waals surface area contributed by atoms with Crippen molar-refractivity contribution < 1.29 is 18.0 Å². The maximum absolute atomic E-state index is 12.7. The third kappa shape index (κ3) is 6.55. The lowest BCUT2D eigenvalue weighted by molar-refractivity contribution is -0.137. The minimum Gasteiger partial charge on any atom is -0.348 e. The Hall–Kier alpha value is -1.90. The molecule has 158 valence electrons. The number of thiophene rings is 1. The van der Waals surface area contributed by atoms with Crippen molar-refractivity contribution >= 4 is 17.2 Å². The molecule has 2 heterocycles. The highest BCUT2D eigenvalue weighted by atomic mass is 32.1. The third-order valence-corrected chi connectivity index (χ3v) is 6.14. The summed E-state index contributed by atoms with van der Waals surface area (Å²) in [5.41, 5.74) is 0.250. The molecular weight excluding hydrogens is 399 g/mol. The highest BCUT2D eigenvalue weighted by Gasteiger charge is 2.30. The summed E-state index contributed by atoms with van der Waals surface area (Å²) in [4.78, 5) is 17.9. The van der Waals surface area contributed by atoms with Crippen LogP contribution in [0.25, 0.3) is 0 Å². The first-order chi connectivity index (χ1) is 13.8. The Labute approximate surface area is 173 Å². The molecule has 0 saturated carbocycles. The van der Waals surface area contributed by atoms with E-state index in [1.54, 1.807) is 23.5 Å². The van der Waals surface area contributed by atoms with E-state index < -0.39 is 11.7 Å². The first-order valence-electron chi connectivity index (χ1n) is 9.75. The van der Waals surface area contributed by atoms with Crippen molar-refractivity contribution in [2.24, 2.45) is 0 Å². The van der Waals surface area contributed by atoms with Crippen molar-refractivity contribution in [3.8, 4) is 0 Å². The van der Waals surface area contributed by atoms with E-state index in [9.17, 15) is 18.0 Å². The zero-order chi connectivity index (χ0) is 20.9. The van der Waals surface area contributed by atoms with Gasteiger partial charge in [0.25, 0.3) is 0 Å². The number of alkyl halides is 3. The third-order valence-electron chi connectivity index (χ3n) is 5.08. The average Bonchev–Trinajstić information content (AvgIpc) is 3.12. The van der Waals surface area contributed by atoms with E-state index >= 15 is 0 Å². The second-order valence-corrected chi connectivity index (χ2v) is 8.38. The quantitative estimate of drug-likeness (QED) is 0.755. The van der Waals surface area contributed by atoms with Crippen LogP contribution in [-0.4, -0.2) is 48.4 Å². The summed E-state index contributed by atoms with van der Waals surface area (Å²) in [5, 5.41) is 5.04. The van der Waals surface area contributed by atoms with Gasteiger partial charge in [-0.25, -0.2) is 0 Å². The van der Waals surface area contributed by atoms with Crippen LogP contribution in [0.15, 0.2) is 41.8 Å². The average molecular weight is 426 g/mol. The summed E-state index contributed by atoms with van der Waals surface area (Å²) in [6.45, 7) is 6.22. The van der Waals surface area contributed by atoms with E-state index in [2.05, 4.69) is 15.1 Å². The molecule has 0 bridgehead atoms. The Morgan fingerprint density at radius 3 is 2.45 bits per heavy atom. The zero-order valence-electron chi connectivity index (χ0n) is 16.4. The molecule has 4 nitrogen and oxygen atoms in total. The number of halogens is 3. The molecule has 8 heteroatoms. The molecule has 1 saturated heterocycles. The van der Waals surface area contributed by atoms with Crippen LogP contribution in [0.2, 0.25) is 0 Å². The van der Waals surface area contributed by atoms with E-state index in [-0.39, 0.29) is 11.9 Å².